The van der Waals surface area contributed by atoms with Gasteiger partial charge in [0.2, 0.25) is 5.89 Å². The maximum atomic E-state index is 5.51. The highest BCUT2D eigenvalue weighted by Gasteiger charge is 2.06. The maximum absolute atomic E-state index is 5.51. The van der Waals surface area contributed by atoms with Crippen LogP contribution in [0.5, 0.6) is 0 Å². The van der Waals surface area contributed by atoms with Crippen LogP contribution in [0.1, 0.15) is 43.5 Å². The van der Waals surface area contributed by atoms with E-state index in [0.717, 1.165) is 50.0 Å². The molecular formula is C15H29IN4O2. The third-order valence-electron chi connectivity index (χ3n) is 3.10. The summed E-state index contributed by atoms with van der Waals surface area (Å²) in [7, 11) is 1.75. The van der Waals surface area contributed by atoms with Gasteiger partial charge in [-0.15, -0.1) is 24.0 Å². The standard InChI is InChI=1S/C15H28N4O2.HI/c1-5-6-9-20-10-7-8-17-15(16-4)18-11-14-19-12(2)13(3)21-14;/h5-11H2,1-4H3,(H2,16,17,18);1H. The van der Waals surface area contributed by atoms with E-state index < -0.39 is 0 Å². The normalized spacial score (nSPS) is 11.2. The van der Waals surface area contributed by atoms with E-state index in [9.17, 15) is 0 Å². The number of rotatable bonds is 9. The van der Waals surface area contributed by atoms with Crippen molar-refractivity contribution >= 4 is 29.9 Å². The van der Waals surface area contributed by atoms with Crippen LogP contribution in [0.25, 0.3) is 0 Å². The minimum absolute atomic E-state index is 0. The molecule has 1 aromatic rings. The fourth-order valence-corrected chi connectivity index (χ4v) is 1.72. The molecule has 128 valence electrons. The van der Waals surface area contributed by atoms with Crippen LogP contribution in [0.3, 0.4) is 0 Å². The van der Waals surface area contributed by atoms with Gasteiger partial charge < -0.3 is 19.8 Å². The predicted octanol–water partition coefficient (Wildman–Crippen LogP) is 2.78. The molecule has 6 nitrogen and oxygen atoms in total. The molecule has 0 atom stereocenters. The quantitative estimate of drug-likeness (QED) is 0.276. The van der Waals surface area contributed by atoms with E-state index >= 15 is 0 Å². The van der Waals surface area contributed by atoms with Gasteiger partial charge in [-0.05, 0) is 26.7 Å². The molecule has 2 N–H and O–H groups in total. The fraction of sp³-hybridized carbons (Fsp3) is 0.733. The van der Waals surface area contributed by atoms with Gasteiger partial charge in [-0.1, -0.05) is 13.3 Å². The van der Waals surface area contributed by atoms with E-state index in [1.807, 2.05) is 13.8 Å². The molecule has 0 aliphatic carbocycles. The van der Waals surface area contributed by atoms with E-state index in [4.69, 9.17) is 9.15 Å². The Morgan fingerprint density at radius 1 is 1.23 bits per heavy atom. The Morgan fingerprint density at radius 2 is 1.95 bits per heavy atom. The van der Waals surface area contributed by atoms with Crippen molar-refractivity contribution < 1.29 is 9.15 Å². The first-order valence-electron chi connectivity index (χ1n) is 7.62. The number of nitrogens with zero attached hydrogens (tertiary/aromatic N) is 2. The van der Waals surface area contributed by atoms with Crippen molar-refractivity contribution in [3.8, 4) is 0 Å². The third-order valence-corrected chi connectivity index (χ3v) is 3.10. The first-order valence-corrected chi connectivity index (χ1v) is 7.62. The Labute approximate surface area is 150 Å². The number of nitrogens with one attached hydrogen (secondary N) is 2. The zero-order chi connectivity index (χ0) is 15.5. The molecule has 0 fully saturated rings. The molecule has 1 rings (SSSR count). The molecule has 0 amide bonds. The highest BCUT2D eigenvalue weighted by atomic mass is 127. The number of oxazole rings is 1. The van der Waals surface area contributed by atoms with E-state index in [-0.39, 0.29) is 24.0 Å². The topological polar surface area (TPSA) is 71.7 Å². The van der Waals surface area contributed by atoms with Gasteiger partial charge in [-0.2, -0.15) is 0 Å². The van der Waals surface area contributed by atoms with Gasteiger partial charge in [-0.3, -0.25) is 4.99 Å². The van der Waals surface area contributed by atoms with E-state index in [1.54, 1.807) is 7.05 Å². The lowest BCUT2D eigenvalue weighted by Crippen LogP contribution is -2.37. The molecule has 0 saturated heterocycles. The number of ether oxygens (including phenoxy) is 1. The van der Waals surface area contributed by atoms with E-state index in [1.165, 1.54) is 6.42 Å². The van der Waals surface area contributed by atoms with Crippen LogP contribution >= 0.6 is 24.0 Å². The average Bonchev–Trinajstić information content (AvgIpc) is 2.80. The number of aryl methyl sites for hydroxylation is 2. The molecule has 0 aliphatic rings. The summed E-state index contributed by atoms with van der Waals surface area (Å²) in [6.45, 7) is 9.01. The third kappa shape index (κ3) is 8.57. The lowest BCUT2D eigenvalue weighted by molar-refractivity contribution is 0.129. The Morgan fingerprint density at radius 3 is 2.55 bits per heavy atom. The molecule has 22 heavy (non-hydrogen) atoms. The fourth-order valence-electron chi connectivity index (χ4n) is 1.72. The summed E-state index contributed by atoms with van der Waals surface area (Å²) in [5, 5.41) is 6.42. The van der Waals surface area contributed by atoms with E-state index in [2.05, 4.69) is 27.5 Å². The summed E-state index contributed by atoms with van der Waals surface area (Å²) in [4.78, 5) is 8.49. The molecule has 0 spiro atoms. The molecule has 0 bridgehead atoms. The van der Waals surface area contributed by atoms with Gasteiger partial charge in [0.05, 0.1) is 12.2 Å². The van der Waals surface area contributed by atoms with Crippen LogP contribution in [0.15, 0.2) is 9.41 Å². The van der Waals surface area contributed by atoms with Gasteiger partial charge in [0, 0.05) is 26.8 Å². The first-order chi connectivity index (χ1) is 10.2. The molecule has 0 aliphatic heterocycles. The monoisotopic (exact) mass is 424 g/mol. The summed E-state index contributed by atoms with van der Waals surface area (Å²) in [5.41, 5.74) is 0.930. The second kappa shape index (κ2) is 12.7. The van der Waals surface area contributed by atoms with Gasteiger partial charge in [0.1, 0.15) is 5.76 Å². The van der Waals surface area contributed by atoms with Crippen molar-refractivity contribution in [1.29, 1.82) is 0 Å². The molecule has 0 aromatic carbocycles. The summed E-state index contributed by atoms with van der Waals surface area (Å²) < 4.78 is 11.0. The van der Waals surface area contributed by atoms with Crippen molar-refractivity contribution in [3.63, 3.8) is 0 Å². The van der Waals surface area contributed by atoms with Gasteiger partial charge in [0.25, 0.3) is 0 Å². The highest BCUT2D eigenvalue weighted by Crippen LogP contribution is 2.07. The number of guanidine groups is 1. The predicted molar refractivity (Wildman–Crippen MR) is 99.9 cm³/mol. The minimum atomic E-state index is 0. The summed E-state index contributed by atoms with van der Waals surface area (Å²) in [6.07, 6.45) is 3.27. The molecular weight excluding hydrogens is 395 g/mol. The second-order valence-corrected chi connectivity index (χ2v) is 4.92. The van der Waals surface area contributed by atoms with Crippen LogP contribution in [0.2, 0.25) is 0 Å². The lowest BCUT2D eigenvalue weighted by Gasteiger charge is -2.10. The Kier molecular flexibility index (Phi) is 12.2. The summed E-state index contributed by atoms with van der Waals surface area (Å²) >= 11 is 0. The van der Waals surface area contributed by atoms with Gasteiger partial charge >= 0.3 is 0 Å². The van der Waals surface area contributed by atoms with Crippen molar-refractivity contribution in [2.24, 2.45) is 4.99 Å². The number of unbranched alkanes of at least 4 members (excludes halogenated alkanes) is 1. The van der Waals surface area contributed by atoms with Crippen molar-refractivity contribution in [1.82, 2.24) is 15.6 Å². The minimum Gasteiger partial charge on any atom is -0.444 e. The van der Waals surface area contributed by atoms with Crippen molar-refractivity contribution in [2.75, 3.05) is 26.8 Å². The highest BCUT2D eigenvalue weighted by molar-refractivity contribution is 14.0. The molecule has 7 heteroatoms. The number of halogens is 1. The number of aromatic nitrogens is 1. The van der Waals surface area contributed by atoms with E-state index in [0.29, 0.717) is 12.4 Å². The zero-order valence-corrected chi connectivity index (χ0v) is 16.4. The number of aliphatic imine (C=N–C) groups is 1. The van der Waals surface area contributed by atoms with Gasteiger partial charge in [0.15, 0.2) is 5.96 Å². The van der Waals surface area contributed by atoms with Crippen LogP contribution in [-0.2, 0) is 11.3 Å². The first kappa shape index (κ1) is 21.2. The summed E-state index contributed by atoms with van der Waals surface area (Å²) in [6, 6.07) is 0. The van der Waals surface area contributed by atoms with Crippen LogP contribution in [0.4, 0.5) is 0 Å². The Balaban J connectivity index is 0.00000441. The average molecular weight is 424 g/mol. The Hall–Kier alpha value is -0.830. The zero-order valence-electron chi connectivity index (χ0n) is 14.1. The van der Waals surface area contributed by atoms with Crippen LogP contribution < -0.4 is 10.6 Å². The SMILES string of the molecule is CCCCOCCCNC(=NC)NCc1nc(C)c(C)o1.I. The maximum Gasteiger partial charge on any atom is 0.214 e. The van der Waals surface area contributed by atoms with Crippen molar-refractivity contribution in [3.05, 3.63) is 17.3 Å². The molecule has 1 aromatic heterocycles. The number of hydrogen-bond donors (Lipinski definition) is 2. The molecule has 1 heterocycles. The van der Waals surface area contributed by atoms with Gasteiger partial charge in [-0.25, -0.2) is 4.98 Å². The molecule has 0 saturated carbocycles. The van der Waals surface area contributed by atoms with Crippen molar-refractivity contribution in [2.45, 2.75) is 46.6 Å². The lowest BCUT2D eigenvalue weighted by atomic mass is 10.4. The second-order valence-electron chi connectivity index (χ2n) is 4.92. The Bertz CT molecular complexity index is 416. The summed E-state index contributed by atoms with van der Waals surface area (Å²) in [5.74, 6) is 2.28. The number of hydrogen-bond acceptors (Lipinski definition) is 4. The molecule has 0 radical (unpaired) electrons. The molecule has 0 unspecified atom stereocenters. The van der Waals surface area contributed by atoms with Crippen LogP contribution in [-0.4, -0.2) is 37.7 Å². The smallest absolute Gasteiger partial charge is 0.214 e. The largest absolute Gasteiger partial charge is 0.444 e. The van der Waals surface area contributed by atoms with Crippen LogP contribution in [0, 0.1) is 13.8 Å².